The topological polar surface area (TPSA) is 57.8 Å². The molecule has 2 N–H and O–H groups in total. The van der Waals surface area contributed by atoms with Crippen LogP contribution < -0.4 is 5.32 Å². The summed E-state index contributed by atoms with van der Waals surface area (Å²) in [6, 6.07) is 17.0. The number of hydrogen-bond acceptors (Lipinski definition) is 2. The summed E-state index contributed by atoms with van der Waals surface area (Å²) in [6.07, 6.45) is 0. The average molecular weight is 326 g/mol. The minimum Gasteiger partial charge on any atom is -0.347 e. The first-order valence-corrected chi connectivity index (χ1v) is 7.65. The van der Waals surface area contributed by atoms with Gasteiger partial charge in [0, 0.05) is 17.1 Å². The molecule has 3 aromatic rings. The fourth-order valence-electron chi connectivity index (χ4n) is 2.31. The Kier molecular flexibility index (Phi) is 4.44. The van der Waals surface area contributed by atoms with Crippen LogP contribution in [0.1, 0.15) is 21.6 Å². The Bertz CT molecular complexity index is 842. The Morgan fingerprint density at radius 3 is 2.78 bits per heavy atom. The lowest BCUT2D eigenvalue weighted by atomic mass is 10.1. The number of aromatic nitrogens is 2. The van der Waals surface area contributed by atoms with Crippen molar-refractivity contribution in [3.8, 4) is 11.3 Å². The van der Waals surface area contributed by atoms with Crippen molar-refractivity contribution in [2.45, 2.75) is 13.5 Å². The van der Waals surface area contributed by atoms with Crippen LogP contribution >= 0.6 is 11.6 Å². The summed E-state index contributed by atoms with van der Waals surface area (Å²) >= 11 is 5.98. The molecule has 0 saturated carbocycles. The van der Waals surface area contributed by atoms with E-state index in [2.05, 4.69) is 15.5 Å². The third-order valence-electron chi connectivity index (χ3n) is 3.64. The summed E-state index contributed by atoms with van der Waals surface area (Å²) in [5.41, 5.74) is 4.22. The Hall–Kier alpha value is -2.59. The highest BCUT2D eigenvalue weighted by Gasteiger charge is 2.11. The molecule has 0 fully saturated rings. The van der Waals surface area contributed by atoms with Crippen LogP contribution in [0.25, 0.3) is 11.3 Å². The highest BCUT2D eigenvalue weighted by molar-refractivity contribution is 6.30. The van der Waals surface area contributed by atoms with E-state index in [9.17, 15) is 4.79 Å². The highest BCUT2D eigenvalue weighted by Crippen LogP contribution is 2.21. The Labute approximate surface area is 139 Å². The van der Waals surface area contributed by atoms with Crippen LogP contribution in [0.3, 0.4) is 0 Å². The molecule has 5 heteroatoms. The number of hydrogen-bond donors (Lipinski definition) is 2. The minimum absolute atomic E-state index is 0.186. The van der Waals surface area contributed by atoms with Gasteiger partial charge in [0.1, 0.15) is 5.69 Å². The number of aromatic amines is 1. The van der Waals surface area contributed by atoms with Crippen molar-refractivity contribution in [3.05, 3.63) is 76.4 Å². The summed E-state index contributed by atoms with van der Waals surface area (Å²) < 4.78 is 0. The van der Waals surface area contributed by atoms with Crippen molar-refractivity contribution in [3.63, 3.8) is 0 Å². The zero-order chi connectivity index (χ0) is 16.2. The molecule has 0 aliphatic carbocycles. The molecule has 1 amide bonds. The number of nitrogens with one attached hydrogen (secondary N) is 2. The van der Waals surface area contributed by atoms with Crippen LogP contribution in [0.5, 0.6) is 0 Å². The number of rotatable bonds is 4. The molecule has 4 nitrogen and oxygen atoms in total. The molecule has 23 heavy (non-hydrogen) atoms. The number of carbonyl (C=O) groups excluding carboxylic acids is 1. The van der Waals surface area contributed by atoms with Crippen LogP contribution in [0.15, 0.2) is 54.6 Å². The van der Waals surface area contributed by atoms with Gasteiger partial charge in [-0.2, -0.15) is 5.10 Å². The molecule has 0 atom stereocenters. The fraction of sp³-hybridized carbons (Fsp3) is 0.111. The zero-order valence-corrected chi connectivity index (χ0v) is 13.4. The number of H-pyrrole nitrogens is 1. The third kappa shape index (κ3) is 3.60. The second-order valence-corrected chi connectivity index (χ2v) is 5.72. The van der Waals surface area contributed by atoms with Gasteiger partial charge in [-0.15, -0.1) is 0 Å². The summed E-state index contributed by atoms with van der Waals surface area (Å²) in [7, 11) is 0. The van der Waals surface area contributed by atoms with Gasteiger partial charge in [-0.1, -0.05) is 48.0 Å². The second-order valence-electron chi connectivity index (χ2n) is 5.29. The van der Waals surface area contributed by atoms with Crippen molar-refractivity contribution in [2.75, 3.05) is 0 Å². The van der Waals surface area contributed by atoms with E-state index in [0.29, 0.717) is 23.0 Å². The molecule has 0 aliphatic rings. The van der Waals surface area contributed by atoms with E-state index in [4.69, 9.17) is 11.6 Å². The summed E-state index contributed by atoms with van der Waals surface area (Å²) in [5, 5.41) is 10.5. The molecule has 0 radical (unpaired) electrons. The SMILES string of the molecule is Cc1ccccc1CNC(=O)c1cc(-c2cccc(Cl)c2)n[nH]1. The van der Waals surface area contributed by atoms with E-state index in [1.165, 1.54) is 0 Å². The molecule has 0 aliphatic heterocycles. The van der Waals surface area contributed by atoms with E-state index < -0.39 is 0 Å². The summed E-state index contributed by atoms with van der Waals surface area (Å²) in [5.74, 6) is -0.186. The lowest BCUT2D eigenvalue weighted by Crippen LogP contribution is -2.23. The number of benzene rings is 2. The standard InChI is InChI=1S/C18H16ClN3O/c1-12-5-2-3-6-14(12)11-20-18(23)17-10-16(21-22-17)13-7-4-8-15(19)9-13/h2-10H,11H2,1H3,(H,20,23)(H,21,22). The van der Waals surface area contributed by atoms with Gasteiger partial charge in [-0.05, 0) is 36.2 Å². The third-order valence-corrected chi connectivity index (χ3v) is 3.88. The highest BCUT2D eigenvalue weighted by atomic mass is 35.5. The summed E-state index contributed by atoms with van der Waals surface area (Å²) in [4.78, 5) is 12.2. The molecule has 1 heterocycles. The largest absolute Gasteiger partial charge is 0.347 e. The van der Waals surface area contributed by atoms with Crippen molar-refractivity contribution >= 4 is 17.5 Å². The number of halogens is 1. The van der Waals surface area contributed by atoms with Crippen LogP contribution in [-0.4, -0.2) is 16.1 Å². The van der Waals surface area contributed by atoms with Crippen LogP contribution in [0.4, 0.5) is 0 Å². The first-order valence-electron chi connectivity index (χ1n) is 7.27. The predicted octanol–water partition coefficient (Wildman–Crippen LogP) is 3.97. The van der Waals surface area contributed by atoms with E-state index in [0.717, 1.165) is 16.7 Å². The first kappa shape index (κ1) is 15.3. The first-order chi connectivity index (χ1) is 11.1. The van der Waals surface area contributed by atoms with E-state index >= 15 is 0 Å². The molecule has 2 aromatic carbocycles. The van der Waals surface area contributed by atoms with Crippen molar-refractivity contribution in [2.24, 2.45) is 0 Å². The fourth-order valence-corrected chi connectivity index (χ4v) is 2.50. The van der Waals surface area contributed by atoms with Crippen molar-refractivity contribution in [1.29, 1.82) is 0 Å². The molecule has 0 unspecified atom stereocenters. The Morgan fingerprint density at radius 2 is 2.00 bits per heavy atom. The lowest BCUT2D eigenvalue weighted by Gasteiger charge is -2.06. The van der Waals surface area contributed by atoms with Crippen LogP contribution in [0, 0.1) is 6.92 Å². The monoisotopic (exact) mass is 325 g/mol. The van der Waals surface area contributed by atoms with Gasteiger partial charge >= 0.3 is 0 Å². The lowest BCUT2D eigenvalue weighted by molar-refractivity contribution is 0.0946. The normalized spacial score (nSPS) is 10.5. The van der Waals surface area contributed by atoms with Crippen molar-refractivity contribution in [1.82, 2.24) is 15.5 Å². The molecule has 0 spiro atoms. The molecule has 1 aromatic heterocycles. The maximum absolute atomic E-state index is 12.2. The molecular weight excluding hydrogens is 310 g/mol. The summed E-state index contributed by atoms with van der Waals surface area (Å²) in [6.45, 7) is 2.51. The van der Waals surface area contributed by atoms with Gasteiger partial charge in [0.15, 0.2) is 0 Å². The Balaban J connectivity index is 1.70. The molecule has 0 saturated heterocycles. The maximum Gasteiger partial charge on any atom is 0.269 e. The van der Waals surface area contributed by atoms with E-state index in [1.807, 2.05) is 49.4 Å². The number of amides is 1. The molecule has 0 bridgehead atoms. The number of carbonyl (C=O) groups is 1. The second kappa shape index (κ2) is 6.67. The molecular formula is C18H16ClN3O. The van der Waals surface area contributed by atoms with Crippen molar-refractivity contribution < 1.29 is 4.79 Å². The van der Waals surface area contributed by atoms with E-state index in [1.54, 1.807) is 12.1 Å². The Morgan fingerprint density at radius 1 is 1.17 bits per heavy atom. The van der Waals surface area contributed by atoms with Gasteiger partial charge in [-0.3, -0.25) is 9.89 Å². The van der Waals surface area contributed by atoms with Crippen LogP contribution in [0.2, 0.25) is 5.02 Å². The smallest absolute Gasteiger partial charge is 0.269 e. The van der Waals surface area contributed by atoms with Gasteiger partial charge in [0.2, 0.25) is 0 Å². The van der Waals surface area contributed by atoms with Gasteiger partial charge in [0.25, 0.3) is 5.91 Å². The van der Waals surface area contributed by atoms with Gasteiger partial charge in [0.05, 0.1) is 5.69 Å². The van der Waals surface area contributed by atoms with E-state index in [-0.39, 0.29) is 5.91 Å². The maximum atomic E-state index is 12.2. The van der Waals surface area contributed by atoms with Gasteiger partial charge < -0.3 is 5.32 Å². The van der Waals surface area contributed by atoms with Crippen LogP contribution in [-0.2, 0) is 6.54 Å². The number of nitrogens with zero attached hydrogens (tertiary/aromatic N) is 1. The zero-order valence-electron chi connectivity index (χ0n) is 12.6. The minimum atomic E-state index is -0.186. The predicted molar refractivity (Wildman–Crippen MR) is 91.4 cm³/mol. The van der Waals surface area contributed by atoms with Gasteiger partial charge in [-0.25, -0.2) is 0 Å². The molecule has 116 valence electrons. The quantitative estimate of drug-likeness (QED) is 0.762. The number of aryl methyl sites for hydroxylation is 1. The average Bonchev–Trinajstić information content (AvgIpc) is 3.04. The molecule has 3 rings (SSSR count).